The van der Waals surface area contributed by atoms with Gasteiger partial charge in [0.1, 0.15) is 11.6 Å². The summed E-state index contributed by atoms with van der Waals surface area (Å²) in [4.78, 5) is 12.3. The molecule has 2 N–H and O–H groups in total. The summed E-state index contributed by atoms with van der Waals surface area (Å²) in [5.74, 6) is -1.69. The molecule has 0 radical (unpaired) electrons. The minimum absolute atomic E-state index is 0.00541. The smallest absolute Gasteiger partial charge is 0.228 e. The first kappa shape index (κ1) is 20.3. The highest BCUT2D eigenvalue weighted by Gasteiger charge is 2.17. The lowest BCUT2D eigenvalue weighted by molar-refractivity contribution is -0.115. The van der Waals surface area contributed by atoms with Crippen LogP contribution in [0.25, 0.3) is 0 Å². The first-order chi connectivity index (χ1) is 12.2. The van der Waals surface area contributed by atoms with Gasteiger partial charge in [-0.05, 0) is 54.0 Å². The van der Waals surface area contributed by atoms with Crippen LogP contribution < -0.4 is 10.6 Å². The summed E-state index contributed by atoms with van der Waals surface area (Å²) in [6.07, 6.45) is -0.270. The molecule has 4 nitrogen and oxygen atoms in total. The second kappa shape index (κ2) is 8.60. The molecule has 2 aromatic carbocycles. The van der Waals surface area contributed by atoms with E-state index in [-0.39, 0.29) is 22.1 Å². The van der Waals surface area contributed by atoms with E-state index in [4.69, 9.17) is 4.74 Å². The second-order valence-electron chi connectivity index (χ2n) is 6.45. The molecular weight excluding hydrogens is 406 g/mol. The van der Waals surface area contributed by atoms with Gasteiger partial charge >= 0.3 is 0 Å². The Morgan fingerprint density at radius 3 is 2.46 bits per heavy atom. The monoisotopic (exact) mass is 426 g/mol. The number of carbonyl (C=O) groups is 1. The quantitative estimate of drug-likeness (QED) is 0.628. The Morgan fingerprint density at radius 1 is 1.15 bits per heavy atom. The van der Waals surface area contributed by atoms with Crippen LogP contribution in [0.1, 0.15) is 19.4 Å². The van der Waals surface area contributed by atoms with E-state index in [1.807, 2.05) is 26.0 Å². The number of rotatable bonds is 7. The van der Waals surface area contributed by atoms with E-state index in [0.29, 0.717) is 17.9 Å². The molecule has 7 heteroatoms. The van der Waals surface area contributed by atoms with E-state index in [2.05, 4.69) is 26.6 Å². The van der Waals surface area contributed by atoms with Crippen molar-refractivity contribution in [2.24, 2.45) is 0 Å². The van der Waals surface area contributed by atoms with Crippen molar-refractivity contribution in [2.45, 2.75) is 25.9 Å². The van der Waals surface area contributed by atoms with Crippen molar-refractivity contribution < 1.29 is 18.3 Å². The molecule has 2 aromatic rings. The van der Waals surface area contributed by atoms with Crippen molar-refractivity contribution in [3.8, 4) is 0 Å². The van der Waals surface area contributed by atoms with Crippen LogP contribution in [0.4, 0.5) is 20.2 Å². The maximum atomic E-state index is 13.9. The summed E-state index contributed by atoms with van der Waals surface area (Å²) < 4.78 is 32.9. The fourth-order valence-electron chi connectivity index (χ4n) is 2.19. The molecule has 2 rings (SSSR count). The van der Waals surface area contributed by atoms with E-state index in [1.54, 1.807) is 19.2 Å². The number of hydrogen-bond acceptors (Lipinski definition) is 3. The van der Waals surface area contributed by atoms with Gasteiger partial charge in [-0.25, -0.2) is 8.78 Å². The van der Waals surface area contributed by atoms with Crippen LogP contribution in [0, 0.1) is 11.6 Å². The third kappa shape index (κ3) is 5.51. The standard InChI is InChI=1S/C19H21BrF2N2O2/c1-19(2,26-3)11-23-16-6-4-5-7-17(16)24-18(25)9-12-8-15(22)13(20)10-14(12)21/h4-8,10,23H,9,11H2,1-3H3,(H,24,25). The molecule has 0 aliphatic heterocycles. The van der Waals surface area contributed by atoms with Crippen LogP contribution in [0.2, 0.25) is 0 Å². The topological polar surface area (TPSA) is 50.4 Å². The van der Waals surface area contributed by atoms with Gasteiger partial charge < -0.3 is 15.4 Å². The lowest BCUT2D eigenvalue weighted by Crippen LogP contribution is -2.32. The van der Waals surface area contributed by atoms with E-state index < -0.39 is 17.5 Å². The molecule has 0 spiro atoms. The number of anilines is 2. The molecule has 0 saturated heterocycles. The number of methoxy groups -OCH3 is 1. The summed E-state index contributed by atoms with van der Waals surface area (Å²) in [6.45, 7) is 4.40. The number of ether oxygens (including phenoxy) is 1. The minimum atomic E-state index is -0.637. The SMILES string of the molecule is COC(C)(C)CNc1ccccc1NC(=O)Cc1cc(F)c(Br)cc1F. The lowest BCUT2D eigenvalue weighted by Gasteiger charge is -2.24. The molecule has 140 valence electrons. The molecule has 0 atom stereocenters. The minimum Gasteiger partial charge on any atom is -0.380 e. The molecule has 0 bridgehead atoms. The summed E-state index contributed by atoms with van der Waals surface area (Å²) >= 11 is 2.91. The first-order valence-electron chi connectivity index (χ1n) is 8.03. The fraction of sp³-hybridized carbons (Fsp3) is 0.316. The number of amides is 1. The summed E-state index contributed by atoms with van der Waals surface area (Å²) in [6, 6.07) is 9.20. The number of carbonyl (C=O) groups excluding carboxylic acids is 1. The maximum Gasteiger partial charge on any atom is 0.228 e. The van der Waals surface area contributed by atoms with Gasteiger partial charge in [0.15, 0.2) is 0 Å². The molecular formula is C19H21BrF2N2O2. The number of para-hydroxylation sites is 2. The molecule has 0 heterocycles. The Kier molecular flexibility index (Phi) is 6.72. The van der Waals surface area contributed by atoms with Gasteiger partial charge in [0.2, 0.25) is 5.91 Å². The Balaban J connectivity index is 2.09. The highest BCUT2D eigenvalue weighted by molar-refractivity contribution is 9.10. The zero-order chi connectivity index (χ0) is 19.3. The van der Waals surface area contributed by atoms with Crippen LogP contribution in [-0.2, 0) is 16.0 Å². The molecule has 0 aliphatic rings. The average molecular weight is 427 g/mol. The molecule has 0 aliphatic carbocycles. The van der Waals surface area contributed by atoms with Crippen molar-refractivity contribution in [1.82, 2.24) is 0 Å². The van der Waals surface area contributed by atoms with Crippen LogP contribution in [0.3, 0.4) is 0 Å². The molecule has 0 saturated carbocycles. The van der Waals surface area contributed by atoms with E-state index in [9.17, 15) is 13.6 Å². The molecule has 26 heavy (non-hydrogen) atoms. The predicted molar refractivity (Wildman–Crippen MR) is 102 cm³/mol. The Labute approximate surface area is 160 Å². The highest BCUT2D eigenvalue weighted by atomic mass is 79.9. The summed E-state index contributed by atoms with van der Waals surface area (Å²) in [5, 5.41) is 5.95. The zero-order valence-corrected chi connectivity index (χ0v) is 16.4. The third-order valence-corrected chi connectivity index (χ3v) is 4.51. The number of halogens is 3. The molecule has 1 amide bonds. The normalized spacial score (nSPS) is 11.3. The van der Waals surface area contributed by atoms with Crippen LogP contribution in [0.15, 0.2) is 40.9 Å². The van der Waals surface area contributed by atoms with Crippen molar-refractivity contribution in [1.29, 1.82) is 0 Å². The predicted octanol–water partition coefficient (Wildman–Crippen LogP) is 4.75. The largest absolute Gasteiger partial charge is 0.380 e. The van der Waals surface area contributed by atoms with E-state index in [1.165, 1.54) is 0 Å². The van der Waals surface area contributed by atoms with Gasteiger partial charge in [-0.1, -0.05) is 12.1 Å². The van der Waals surface area contributed by atoms with Crippen molar-refractivity contribution in [3.05, 3.63) is 58.1 Å². The van der Waals surface area contributed by atoms with E-state index >= 15 is 0 Å². The number of hydrogen-bond donors (Lipinski definition) is 2. The fourth-order valence-corrected chi connectivity index (χ4v) is 2.51. The van der Waals surface area contributed by atoms with Gasteiger partial charge in [0.05, 0.1) is 27.9 Å². The van der Waals surface area contributed by atoms with Gasteiger partial charge in [-0.15, -0.1) is 0 Å². The van der Waals surface area contributed by atoms with Crippen molar-refractivity contribution in [2.75, 3.05) is 24.3 Å². The third-order valence-electron chi connectivity index (χ3n) is 3.90. The number of nitrogens with one attached hydrogen (secondary N) is 2. The van der Waals surface area contributed by atoms with Gasteiger partial charge in [-0.3, -0.25) is 4.79 Å². The molecule has 0 fully saturated rings. The van der Waals surface area contributed by atoms with Crippen molar-refractivity contribution >= 4 is 33.2 Å². The van der Waals surface area contributed by atoms with Gasteiger partial charge in [0.25, 0.3) is 0 Å². The molecule has 0 unspecified atom stereocenters. The Hall–Kier alpha value is -1.99. The summed E-state index contributed by atoms with van der Waals surface area (Å²) in [7, 11) is 1.63. The summed E-state index contributed by atoms with van der Waals surface area (Å²) in [5.41, 5.74) is 0.889. The average Bonchev–Trinajstić information content (AvgIpc) is 2.59. The second-order valence-corrected chi connectivity index (χ2v) is 7.30. The number of benzene rings is 2. The van der Waals surface area contributed by atoms with Crippen molar-refractivity contribution in [3.63, 3.8) is 0 Å². The van der Waals surface area contributed by atoms with Crippen LogP contribution in [-0.4, -0.2) is 25.2 Å². The van der Waals surface area contributed by atoms with Crippen LogP contribution in [0.5, 0.6) is 0 Å². The zero-order valence-electron chi connectivity index (χ0n) is 14.8. The van der Waals surface area contributed by atoms with Crippen LogP contribution >= 0.6 is 15.9 Å². The van der Waals surface area contributed by atoms with E-state index in [0.717, 1.165) is 12.1 Å². The molecule has 0 aromatic heterocycles. The first-order valence-corrected chi connectivity index (χ1v) is 8.82. The lowest BCUT2D eigenvalue weighted by atomic mass is 10.1. The Morgan fingerprint density at radius 2 is 1.81 bits per heavy atom. The highest BCUT2D eigenvalue weighted by Crippen LogP contribution is 2.24. The maximum absolute atomic E-state index is 13.9. The van der Waals surface area contributed by atoms with Gasteiger partial charge in [0, 0.05) is 19.2 Å². The van der Waals surface area contributed by atoms with Gasteiger partial charge in [-0.2, -0.15) is 0 Å². The Bertz CT molecular complexity index is 797.